The molecule has 0 radical (unpaired) electrons. The second-order valence-electron chi connectivity index (χ2n) is 5.32. The van der Waals surface area contributed by atoms with Gasteiger partial charge in [0.2, 0.25) is 0 Å². The molecule has 2 aromatic heterocycles. The van der Waals surface area contributed by atoms with E-state index in [1.807, 2.05) is 36.1 Å². The highest BCUT2D eigenvalue weighted by Gasteiger charge is 2.12. The van der Waals surface area contributed by atoms with Crippen LogP contribution >= 0.6 is 0 Å². The number of nitrogens with one attached hydrogen (secondary N) is 1. The lowest BCUT2D eigenvalue weighted by Gasteiger charge is -2.04. The number of aromatic nitrogens is 4. The number of likely N-dealkylation sites (N-methyl/N-ethyl adjacent to an activating group) is 1. The number of hydrogen-bond acceptors (Lipinski definition) is 5. The summed E-state index contributed by atoms with van der Waals surface area (Å²) in [7, 11) is 1.92. The zero-order valence-corrected chi connectivity index (χ0v) is 12.7. The largest absolute Gasteiger partial charge is 0.334 e. The summed E-state index contributed by atoms with van der Waals surface area (Å²) in [6, 6.07) is 10.5. The first kappa shape index (κ1) is 14.5. The highest BCUT2D eigenvalue weighted by molar-refractivity contribution is 5.49. The molecule has 2 heterocycles. The van der Waals surface area contributed by atoms with Crippen molar-refractivity contribution in [3.05, 3.63) is 54.1 Å². The van der Waals surface area contributed by atoms with E-state index >= 15 is 0 Å². The number of rotatable bonds is 6. The molecule has 114 valence electrons. The average molecular weight is 297 g/mol. The van der Waals surface area contributed by atoms with Crippen molar-refractivity contribution in [3.8, 4) is 11.5 Å². The van der Waals surface area contributed by atoms with E-state index in [9.17, 15) is 0 Å². The average Bonchev–Trinajstić information content (AvgIpc) is 3.17. The first-order chi connectivity index (χ1) is 10.7. The predicted molar refractivity (Wildman–Crippen MR) is 83.3 cm³/mol. The summed E-state index contributed by atoms with van der Waals surface area (Å²) >= 11 is 0. The van der Waals surface area contributed by atoms with Gasteiger partial charge in [0.25, 0.3) is 5.89 Å². The lowest BCUT2D eigenvalue weighted by Crippen LogP contribution is -2.24. The Balaban J connectivity index is 1.71. The minimum absolute atomic E-state index is 0.311. The summed E-state index contributed by atoms with van der Waals surface area (Å²) in [5.41, 5.74) is 2.04. The zero-order chi connectivity index (χ0) is 15.4. The monoisotopic (exact) mass is 297 g/mol. The van der Waals surface area contributed by atoms with Crippen LogP contribution in [0.5, 0.6) is 0 Å². The number of benzene rings is 1. The van der Waals surface area contributed by atoms with Gasteiger partial charge in [-0.15, -0.1) is 0 Å². The van der Waals surface area contributed by atoms with Crippen LogP contribution in [0, 0.1) is 0 Å². The van der Waals surface area contributed by atoms with Crippen LogP contribution in [0.1, 0.15) is 18.3 Å². The van der Waals surface area contributed by atoms with Gasteiger partial charge in [0.1, 0.15) is 0 Å². The SMILES string of the molecule is CNC(C)Cc1noc(-c2cnn(Cc3ccccc3)c2)n1. The van der Waals surface area contributed by atoms with Crippen molar-refractivity contribution in [2.75, 3.05) is 7.05 Å². The lowest BCUT2D eigenvalue weighted by molar-refractivity contribution is 0.418. The summed E-state index contributed by atoms with van der Waals surface area (Å²) in [6.07, 6.45) is 4.41. The van der Waals surface area contributed by atoms with Crippen LogP contribution in [-0.2, 0) is 13.0 Å². The van der Waals surface area contributed by atoms with E-state index in [0.717, 1.165) is 18.5 Å². The molecule has 3 rings (SSSR count). The quantitative estimate of drug-likeness (QED) is 0.755. The topological polar surface area (TPSA) is 68.8 Å². The van der Waals surface area contributed by atoms with Gasteiger partial charge < -0.3 is 9.84 Å². The van der Waals surface area contributed by atoms with Gasteiger partial charge in [-0.25, -0.2) is 0 Å². The smallest absolute Gasteiger partial charge is 0.261 e. The molecule has 1 unspecified atom stereocenters. The third kappa shape index (κ3) is 3.40. The van der Waals surface area contributed by atoms with E-state index in [2.05, 4.69) is 39.6 Å². The molecule has 0 fully saturated rings. The Labute approximate surface area is 129 Å². The fraction of sp³-hybridized carbons (Fsp3) is 0.312. The van der Waals surface area contributed by atoms with Crippen molar-refractivity contribution < 1.29 is 4.52 Å². The summed E-state index contributed by atoms with van der Waals surface area (Å²) in [5.74, 6) is 1.21. The van der Waals surface area contributed by atoms with Crippen molar-refractivity contribution in [2.24, 2.45) is 0 Å². The molecule has 0 aliphatic heterocycles. The molecular formula is C16H19N5O. The Morgan fingerprint density at radius 2 is 2.09 bits per heavy atom. The lowest BCUT2D eigenvalue weighted by atomic mass is 10.2. The maximum Gasteiger partial charge on any atom is 0.261 e. The molecular weight excluding hydrogens is 278 g/mol. The molecule has 1 aromatic carbocycles. The molecule has 6 nitrogen and oxygen atoms in total. The Morgan fingerprint density at radius 1 is 1.27 bits per heavy atom. The molecule has 0 amide bonds. The Morgan fingerprint density at radius 3 is 2.86 bits per heavy atom. The van der Waals surface area contributed by atoms with E-state index in [-0.39, 0.29) is 0 Å². The van der Waals surface area contributed by atoms with Crippen LogP contribution in [0.4, 0.5) is 0 Å². The fourth-order valence-corrected chi connectivity index (χ4v) is 2.16. The number of nitrogens with zero attached hydrogens (tertiary/aromatic N) is 4. The van der Waals surface area contributed by atoms with Gasteiger partial charge in [0, 0.05) is 18.7 Å². The molecule has 0 saturated carbocycles. The van der Waals surface area contributed by atoms with E-state index < -0.39 is 0 Å². The van der Waals surface area contributed by atoms with Gasteiger partial charge >= 0.3 is 0 Å². The van der Waals surface area contributed by atoms with Crippen LogP contribution in [0.25, 0.3) is 11.5 Å². The van der Waals surface area contributed by atoms with E-state index in [1.165, 1.54) is 5.56 Å². The van der Waals surface area contributed by atoms with Crippen molar-refractivity contribution in [2.45, 2.75) is 25.9 Å². The molecule has 0 saturated heterocycles. The summed E-state index contributed by atoms with van der Waals surface area (Å²) in [6.45, 7) is 2.80. The van der Waals surface area contributed by atoms with Crippen LogP contribution in [-0.4, -0.2) is 33.0 Å². The van der Waals surface area contributed by atoms with Gasteiger partial charge in [-0.3, -0.25) is 4.68 Å². The van der Waals surface area contributed by atoms with Crippen molar-refractivity contribution in [3.63, 3.8) is 0 Å². The van der Waals surface area contributed by atoms with Crippen molar-refractivity contribution in [1.29, 1.82) is 0 Å². The van der Waals surface area contributed by atoms with Crippen LogP contribution in [0.15, 0.2) is 47.2 Å². The van der Waals surface area contributed by atoms with Gasteiger partial charge in [0.05, 0.1) is 18.3 Å². The number of hydrogen-bond donors (Lipinski definition) is 1. The summed E-state index contributed by atoms with van der Waals surface area (Å²) in [4.78, 5) is 4.42. The second-order valence-corrected chi connectivity index (χ2v) is 5.32. The van der Waals surface area contributed by atoms with E-state index in [0.29, 0.717) is 17.8 Å². The molecule has 6 heteroatoms. The zero-order valence-electron chi connectivity index (χ0n) is 12.7. The summed E-state index contributed by atoms with van der Waals surface area (Å²) < 4.78 is 7.18. The third-order valence-corrected chi connectivity index (χ3v) is 3.52. The molecule has 0 aliphatic carbocycles. The minimum atomic E-state index is 0.311. The molecule has 0 aliphatic rings. The van der Waals surface area contributed by atoms with Gasteiger partial charge in [-0.05, 0) is 19.5 Å². The first-order valence-electron chi connectivity index (χ1n) is 7.31. The Hall–Kier alpha value is -2.47. The van der Waals surface area contributed by atoms with Crippen LogP contribution in [0.3, 0.4) is 0 Å². The maximum absolute atomic E-state index is 5.32. The Bertz CT molecular complexity index is 719. The predicted octanol–water partition coefficient (Wildman–Crippen LogP) is 2.13. The normalized spacial score (nSPS) is 12.5. The highest BCUT2D eigenvalue weighted by atomic mass is 16.5. The molecule has 3 aromatic rings. The molecule has 0 spiro atoms. The molecule has 1 N–H and O–H groups in total. The van der Waals surface area contributed by atoms with Gasteiger partial charge in [-0.2, -0.15) is 10.1 Å². The van der Waals surface area contributed by atoms with Crippen molar-refractivity contribution in [1.82, 2.24) is 25.2 Å². The van der Waals surface area contributed by atoms with Gasteiger partial charge in [0.15, 0.2) is 5.82 Å². The molecule has 0 bridgehead atoms. The maximum atomic E-state index is 5.32. The first-order valence-corrected chi connectivity index (χ1v) is 7.31. The van der Waals surface area contributed by atoms with Crippen molar-refractivity contribution >= 4 is 0 Å². The third-order valence-electron chi connectivity index (χ3n) is 3.52. The van der Waals surface area contributed by atoms with Crippen LogP contribution in [0.2, 0.25) is 0 Å². The standard InChI is InChI=1S/C16H19N5O/c1-12(17-2)8-15-19-16(22-20-15)14-9-18-21(11-14)10-13-6-4-3-5-7-13/h3-7,9,11-12,17H,8,10H2,1-2H3. The summed E-state index contributed by atoms with van der Waals surface area (Å²) in [5, 5.41) is 11.5. The molecule has 1 atom stereocenters. The van der Waals surface area contributed by atoms with Crippen LogP contribution < -0.4 is 5.32 Å². The fourth-order valence-electron chi connectivity index (χ4n) is 2.16. The van der Waals surface area contributed by atoms with E-state index in [4.69, 9.17) is 4.52 Å². The molecule has 22 heavy (non-hydrogen) atoms. The van der Waals surface area contributed by atoms with E-state index in [1.54, 1.807) is 6.20 Å². The van der Waals surface area contributed by atoms with Gasteiger partial charge in [-0.1, -0.05) is 35.5 Å². The minimum Gasteiger partial charge on any atom is -0.334 e. The Kier molecular flexibility index (Phi) is 4.29. The highest BCUT2D eigenvalue weighted by Crippen LogP contribution is 2.17. The second kappa shape index (κ2) is 6.53.